The Hall–Kier alpha value is -2.89. The molecule has 3 aromatic carbocycles. The molecular weight excluding hydrogens is 669 g/mol. The van der Waals surface area contributed by atoms with Gasteiger partial charge in [0.2, 0.25) is 5.13 Å². The minimum atomic E-state index is -0.907. The van der Waals surface area contributed by atoms with Gasteiger partial charge in [-0.05, 0) is 66.1 Å². The lowest BCUT2D eigenvalue weighted by atomic mass is 9.95. The Labute approximate surface area is 263 Å². The van der Waals surface area contributed by atoms with Gasteiger partial charge in [0.1, 0.15) is 11.5 Å². The second kappa shape index (κ2) is 13.0. The first kappa shape index (κ1) is 29.6. The van der Waals surface area contributed by atoms with Crippen LogP contribution in [0.2, 0.25) is 10.0 Å². The van der Waals surface area contributed by atoms with Crippen molar-refractivity contribution in [2.75, 3.05) is 11.5 Å². The predicted octanol–water partition coefficient (Wildman–Crippen LogP) is 8.31. The average molecular weight is 691 g/mol. The number of aromatic nitrogens is 2. The molecule has 12 heteroatoms. The summed E-state index contributed by atoms with van der Waals surface area (Å²) in [5.74, 6) is -0.725. The van der Waals surface area contributed by atoms with E-state index in [4.69, 9.17) is 27.9 Å². The number of hydrogen-bond acceptors (Lipinski definition) is 8. The Bertz CT molecular complexity index is 1630. The third kappa shape index (κ3) is 6.47. The zero-order valence-corrected chi connectivity index (χ0v) is 26.2. The summed E-state index contributed by atoms with van der Waals surface area (Å²) in [6.45, 7) is 2.57. The van der Waals surface area contributed by atoms with Crippen molar-refractivity contribution < 1.29 is 19.4 Å². The van der Waals surface area contributed by atoms with Crippen LogP contribution in [0.15, 0.2) is 81.1 Å². The Morgan fingerprint density at radius 2 is 1.80 bits per heavy atom. The van der Waals surface area contributed by atoms with Crippen molar-refractivity contribution in [1.82, 2.24) is 10.2 Å². The molecule has 0 spiro atoms. The van der Waals surface area contributed by atoms with Crippen molar-refractivity contribution in [3.63, 3.8) is 0 Å². The molecule has 1 fully saturated rings. The largest absolute Gasteiger partial charge is 0.507 e. The maximum atomic E-state index is 13.4. The first-order valence-corrected chi connectivity index (χ1v) is 15.8. The number of aliphatic hydroxyl groups is 1. The van der Waals surface area contributed by atoms with E-state index in [0.29, 0.717) is 43.6 Å². The fraction of sp³-hybridized carbons (Fsp3) is 0.172. The number of ketones is 1. The number of aliphatic hydroxyl groups excluding tert-OH is 1. The van der Waals surface area contributed by atoms with Crippen molar-refractivity contribution in [1.29, 1.82) is 0 Å². The molecule has 41 heavy (non-hydrogen) atoms. The van der Waals surface area contributed by atoms with Crippen molar-refractivity contribution >= 4 is 84.8 Å². The lowest BCUT2D eigenvalue weighted by Crippen LogP contribution is -2.29. The van der Waals surface area contributed by atoms with Gasteiger partial charge in [-0.15, -0.1) is 10.2 Å². The summed E-state index contributed by atoms with van der Waals surface area (Å²) in [7, 11) is 0. The molecule has 0 saturated carbocycles. The van der Waals surface area contributed by atoms with E-state index in [1.807, 2.05) is 25.1 Å². The standard InChI is InChI=1S/C29H22BrCl2N3O4S2/c1-2-13-39-21-11-6-17(7-12-21)25(36)23-24(16-3-8-19(30)9-4-16)35(27(38)26(23)37)28-33-34-29(41-28)40-15-18-5-10-20(31)14-22(18)32/h3-12,14,24,36H,2,13,15H2,1H3/b25-23-. The van der Waals surface area contributed by atoms with E-state index in [0.717, 1.165) is 16.5 Å². The Kier molecular flexibility index (Phi) is 9.35. The number of nitrogens with zero attached hydrogens (tertiary/aromatic N) is 3. The number of benzene rings is 3. The fourth-order valence-electron chi connectivity index (χ4n) is 4.21. The van der Waals surface area contributed by atoms with E-state index < -0.39 is 17.7 Å². The van der Waals surface area contributed by atoms with Gasteiger partial charge in [-0.3, -0.25) is 14.5 Å². The molecule has 5 rings (SSSR count). The molecular formula is C29H22BrCl2N3O4S2. The van der Waals surface area contributed by atoms with Crippen LogP contribution < -0.4 is 9.64 Å². The summed E-state index contributed by atoms with van der Waals surface area (Å²) >= 11 is 18.3. The maximum absolute atomic E-state index is 13.4. The first-order valence-electron chi connectivity index (χ1n) is 12.5. The quantitative estimate of drug-likeness (QED) is 0.0621. The monoisotopic (exact) mass is 689 g/mol. The molecule has 0 aliphatic carbocycles. The minimum Gasteiger partial charge on any atom is -0.507 e. The summed E-state index contributed by atoms with van der Waals surface area (Å²) in [6.07, 6.45) is 0.860. The van der Waals surface area contributed by atoms with Gasteiger partial charge in [-0.1, -0.05) is 87.4 Å². The highest BCUT2D eigenvalue weighted by Gasteiger charge is 2.48. The van der Waals surface area contributed by atoms with Gasteiger partial charge in [0, 0.05) is 25.8 Å². The Morgan fingerprint density at radius 3 is 2.49 bits per heavy atom. The number of halogens is 3. The summed E-state index contributed by atoms with van der Waals surface area (Å²) < 4.78 is 7.05. The molecule has 1 aromatic heterocycles. The number of Topliss-reactive ketones (excluding diaryl/α,β-unsaturated/α-hetero) is 1. The van der Waals surface area contributed by atoms with Crippen molar-refractivity contribution in [2.24, 2.45) is 0 Å². The van der Waals surface area contributed by atoms with Crippen LogP contribution in [0.1, 0.15) is 36.1 Å². The van der Waals surface area contributed by atoms with E-state index in [1.54, 1.807) is 48.5 Å². The number of rotatable bonds is 9. The van der Waals surface area contributed by atoms with Crippen LogP contribution >= 0.6 is 62.2 Å². The number of thioether (sulfide) groups is 1. The first-order chi connectivity index (χ1) is 19.8. The van der Waals surface area contributed by atoms with Gasteiger partial charge < -0.3 is 9.84 Å². The average Bonchev–Trinajstić information content (AvgIpc) is 3.53. The number of hydrogen-bond donors (Lipinski definition) is 1. The third-order valence-corrected chi connectivity index (χ3v) is 9.42. The molecule has 0 radical (unpaired) electrons. The van der Waals surface area contributed by atoms with E-state index in [9.17, 15) is 14.7 Å². The van der Waals surface area contributed by atoms with Crippen molar-refractivity contribution in [3.8, 4) is 5.75 Å². The normalized spacial score (nSPS) is 16.4. The van der Waals surface area contributed by atoms with Gasteiger partial charge in [0.15, 0.2) is 4.34 Å². The molecule has 1 aliphatic rings. The highest BCUT2D eigenvalue weighted by Crippen LogP contribution is 2.44. The van der Waals surface area contributed by atoms with Gasteiger partial charge in [0.05, 0.1) is 18.2 Å². The van der Waals surface area contributed by atoms with Crippen LogP contribution in [-0.4, -0.2) is 33.6 Å². The highest BCUT2D eigenvalue weighted by molar-refractivity contribution is 9.10. The predicted molar refractivity (Wildman–Crippen MR) is 167 cm³/mol. The molecule has 1 amide bonds. The van der Waals surface area contributed by atoms with Gasteiger partial charge in [0.25, 0.3) is 5.78 Å². The van der Waals surface area contributed by atoms with E-state index >= 15 is 0 Å². The van der Waals surface area contributed by atoms with Crippen LogP contribution in [0.25, 0.3) is 5.76 Å². The Balaban J connectivity index is 1.50. The summed E-state index contributed by atoms with van der Waals surface area (Å²) in [6, 6.07) is 18.3. The Morgan fingerprint density at radius 1 is 1.07 bits per heavy atom. The summed E-state index contributed by atoms with van der Waals surface area (Å²) in [4.78, 5) is 28.2. The number of amides is 1. The number of ether oxygens (including phenoxy) is 1. The van der Waals surface area contributed by atoms with Crippen LogP contribution in [0.3, 0.4) is 0 Å². The topological polar surface area (TPSA) is 92.6 Å². The number of anilines is 1. The SMILES string of the molecule is CCCOc1ccc(/C(O)=C2/C(=O)C(=O)N(c3nnc(SCc4ccc(Cl)cc4Cl)s3)C2c2ccc(Br)cc2)cc1. The molecule has 4 aromatic rings. The van der Waals surface area contributed by atoms with Gasteiger partial charge >= 0.3 is 5.91 Å². The molecule has 1 N–H and O–H groups in total. The number of carbonyl (C=O) groups is 2. The molecule has 1 atom stereocenters. The second-order valence-electron chi connectivity index (χ2n) is 8.97. The van der Waals surface area contributed by atoms with Crippen molar-refractivity contribution in [2.45, 2.75) is 29.5 Å². The zero-order valence-electron chi connectivity index (χ0n) is 21.5. The fourth-order valence-corrected chi connectivity index (χ4v) is 6.90. The van der Waals surface area contributed by atoms with Gasteiger partial charge in [-0.25, -0.2) is 0 Å². The third-order valence-electron chi connectivity index (χ3n) is 6.20. The molecule has 7 nitrogen and oxygen atoms in total. The van der Waals surface area contributed by atoms with Crippen molar-refractivity contribution in [3.05, 3.63) is 104 Å². The van der Waals surface area contributed by atoms with Crippen LogP contribution in [0.4, 0.5) is 5.13 Å². The number of carbonyl (C=O) groups excluding carboxylic acids is 2. The zero-order chi connectivity index (χ0) is 29.1. The van der Waals surface area contributed by atoms with E-state index in [1.165, 1.54) is 28.0 Å². The van der Waals surface area contributed by atoms with E-state index in [-0.39, 0.29) is 16.5 Å². The molecule has 0 bridgehead atoms. The van der Waals surface area contributed by atoms with E-state index in [2.05, 4.69) is 26.1 Å². The van der Waals surface area contributed by atoms with Crippen LogP contribution in [-0.2, 0) is 15.3 Å². The molecule has 1 unspecified atom stereocenters. The lowest BCUT2D eigenvalue weighted by molar-refractivity contribution is -0.132. The summed E-state index contributed by atoms with van der Waals surface area (Å²) in [5, 5.41) is 21.2. The van der Waals surface area contributed by atoms with Gasteiger partial charge in [-0.2, -0.15) is 0 Å². The smallest absolute Gasteiger partial charge is 0.301 e. The summed E-state index contributed by atoms with van der Waals surface area (Å²) in [5.41, 5.74) is 1.87. The molecule has 2 heterocycles. The maximum Gasteiger partial charge on any atom is 0.301 e. The minimum absolute atomic E-state index is 0.0306. The lowest BCUT2D eigenvalue weighted by Gasteiger charge is -2.22. The van der Waals surface area contributed by atoms with Crippen LogP contribution in [0, 0.1) is 0 Å². The highest BCUT2D eigenvalue weighted by atomic mass is 79.9. The second-order valence-corrected chi connectivity index (χ2v) is 12.9. The molecule has 1 saturated heterocycles. The molecule has 210 valence electrons. The molecule has 1 aliphatic heterocycles. The van der Waals surface area contributed by atoms with Crippen LogP contribution in [0.5, 0.6) is 5.75 Å².